The molecule has 3 N–H and O–H groups in total. The molecule has 2 heterocycles. The summed E-state index contributed by atoms with van der Waals surface area (Å²) in [6.07, 6.45) is 4.43. The second-order valence-corrected chi connectivity index (χ2v) is 12.0. The van der Waals surface area contributed by atoms with Crippen LogP contribution in [-0.4, -0.2) is 69.9 Å². The smallest absolute Gasteiger partial charge is 0.248 e. The first-order valence-corrected chi connectivity index (χ1v) is 15.7. The summed E-state index contributed by atoms with van der Waals surface area (Å²) in [4.78, 5) is 42.8. The largest absolute Gasteiger partial charge is 0.390 e. The van der Waals surface area contributed by atoms with Crippen LogP contribution in [0, 0.1) is 5.92 Å². The Kier molecular flexibility index (Phi) is 12.6. The Bertz CT molecular complexity index is 1210. The van der Waals surface area contributed by atoms with Crippen LogP contribution >= 0.6 is 12.4 Å². The fourth-order valence-corrected chi connectivity index (χ4v) is 6.50. The van der Waals surface area contributed by atoms with Crippen LogP contribution in [0.25, 0.3) is 0 Å². The Morgan fingerprint density at radius 2 is 1.53 bits per heavy atom. The number of nitrogens with one attached hydrogen (secondary N) is 2. The zero-order chi connectivity index (χ0) is 30.3. The number of anilines is 1. The molecule has 2 aromatic rings. The van der Waals surface area contributed by atoms with E-state index in [1.807, 2.05) is 43.0 Å². The highest BCUT2D eigenvalue weighted by Crippen LogP contribution is 2.35. The van der Waals surface area contributed by atoms with Crippen molar-refractivity contribution in [3.63, 3.8) is 0 Å². The maximum absolute atomic E-state index is 13.7. The molecule has 8 nitrogen and oxygen atoms in total. The number of amides is 3. The van der Waals surface area contributed by atoms with Crippen LogP contribution in [0.5, 0.6) is 0 Å². The van der Waals surface area contributed by atoms with E-state index in [0.717, 1.165) is 57.4 Å². The summed E-state index contributed by atoms with van der Waals surface area (Å²) in [7, 11) is 0. The van der Waals surface area contributed by atoms with E-state index < -0.39 is 17.7 Å². The van der Waals surface area contributed by atoms with Gasteiger partial charge in [-0.05, 0) is 60.4 Å². The highest BCUT2D eigenvalue weighted by Gasteiger charge is 2.55. The average molecular weight is 613 g/mol. The first-order chi connectivity index (χ1) is 20.2. The number of aliphatic hydroxyl groups is 1. The molecule has 0 radical (unpaired) electrons. The zero-order valence-electron chi connectivity index (χ0n) is 26.1. The highest BCUT2D eigenvalue weighted by molar-refractivity contribution is 6.00. The Morgan fingerprint density at radius 1 is 0.977 bits per heavy atom. The first-order valence-electron chi connectivity index (χ1n) is 15.7. The van der Waals surface area contributed by atoms with Crippen molar-refractivity contribution >= 4 is 35.8 Å². The fourth-order valence-electron chi connectivity index (χ4n) is 6.50. The molecule has 0 aromatic heterocycles. The van der Waals surface area contributed by atoms with Gasteiger partial charge < -0.3 is 20.6 Å². The molecule has 3 amide bonds. The molecule has 0 unspecified atom stereocenters. The van der Waals surface area contributed by atoms with Crippen molar-refractivity contribution < 1.29 is 19.5 Å². The van der Waals surface area contributed by atoms with Gasteiger partial charge in [0, 0.05) is 38.8 Å². The number of benzene rings is 2. The van der Waals surface area contributed by atoms with Crippen LogP contribution in [0.15, 0.2) is 48.5 Å². The molecule has 2 aromatic carbocycles. The minimum absolute atomic E-state index is 0. The predicted molar refractivity (Wildman–Crippen MR) is 173 cm³/mol. The number of unbranched alkanes of at least 4 members (excludes halogenated alkanes) is 1. The standard InChI is InChI=1S/C34H48N4O4.ClH/c1-5-8-19-38-32(41)30(31(40)28(6-2)7-3)36-33(42)34(38)17-20-37(21-18-34)23-27-11-9-25(10-12-27)22-26-13-15-29(16-14-26)35-24(4)39;/h9-16,28,30-31,40H,5-8,17-23H2,1-4H3,(H,35,39)(H,36,42);1H/t30-,31-;/m1./s1. The third-order valence-electron chi connectivity index (χ3n) is 9.16. The van der Waals surface area contributed by atoms with E-state index in [0.29, 0.717) is 19.4 Å². The molecular formula is C34H49ClN4O4. The van der Waals surface area contributed by atoms with Crippen LogP contribution < -0.4 is 10.6 Å². The molecule has 236 valence electrons. The molecule has 0 aliphatic carbocycles. The molecule has 1 spiro atoms. The maximum atomic E-state index is 13.7. The fraction of sp³-hybridized carbons (Fsp3) is 0.559. The Hall–Kier alpha value is -2.94. The number of hydrogen-bond donors (Lipinski definition) is 3. The SMILES string of the molecule is CCCCN1C(=O)[C@@H]([C@H](O)C(CC)CC)NC(=O)C12CCN(Cc1ccc(Cc3ccc(NC(C)=O)cc3)cc1)CC2.Cl. The minimum Gasteiger partial charge on any atom is -0.390 e. The molecule has 43 heavy (non-hydrogen) atoms. The van der Waals surface area contributed by atoms with Gasteiger partial charge in [0.2, 0.25) is 17.7 Å². The van der Waals surface area contributed by atoms with Crippen molar-refractivity contribution in [2.45, 2.75) is 96.9 Å². The number of halogens is 1. The van der Waals surface area contributed by atoms with Gasteiger partial charge in [0.15, 0.2) is 0 Å². The molecule has 9 heteroatoms. The number of hydrogen-bond acceptors (Lipinski definition) is 5. The minimum atomic E-state index is -0.871. The van der Waals surface area contributed by atoms with E-state index in [2.05, 4.69) is 46.7 Å². The van der Waals surface area contributed by atoms with Gasteiger partial charge in [-0.15, -0.1) is 12.4 Å². The van der Waals surface area contributed by atoms with Crippen LogP contribution in [0.1, 0.15) is 82.9 Å². The van der Waals surface area contributed by atoms with Gasteiger partial charge in [-0.25, -0.2) is 0 Å². The van der Waals surface area contributed by atoms with Crippen molar-refractivity contribution in [1.82, 2.24) is 15.1 Å². The molecule has 2 fully saturated rings. The van der Waals surface area contributed by atoms with E-state index in [4.69, 9.17) is 0 Å². The van der Waals surface area contributed by atoms with Crippen molar-refractivity contribution in [2.75, 3.05) is 25.0 Å². The number of piperazine rings is 1. The lowest BCUT2D eigenvalue weighted by Crippen LogP contribution is -2.75. The van der Waals surface area contributed by atoms with Gasteiger partial charge >= 0.3 is 0 Å². The number of carbonyl (C=O) groups excluding carboxylic acids is 3. The summed E-state index contributed by atoms with van der Waals surface area (Å²) in [5, 5.41) is 16.8. The maximum Gasteiger partial charge on any atom is 0.248 e. The van der Waals surface area contributed by atoms with E-state index >= 15 is 0 Å². The third kappa shape index (κ3) is 8.16. The second kappa shape index (κ2) is 15.7. The molecule has 2 aliphatic rings. The summed E-state index contributed by atoms with van der Waals surface area (Å²) in [5.74, 6) is -0.337. The van der Waals surface area contributed by atoms with Crippen LogP contribution in [0.3, 0.4) is 0 Å². The quantitative estimate of drug-likeness (QED) is 0.316. The monoisotopic (exact) mass is 612 g/mol. The van der Waals surface area contributed by atoms with Crippen LogP contribution in [-0.2, 0) is 27.3 Å². The van der Waals surface area contributed by atoms with Gasteiger partial charge in [-0.1, -0.05) is 76.4 Å². The predicted octanol–water partition coefficient (Wildman–Crippen LogP) is 4.92. The molecule has 0 saturated carbocycles. The van der Waals surface area contributed by atoms with Gasteiger partial charge in [-0.2, -0.15) is 0 Å². The van der Waals surface area contributed by atoms with E-state index in [1.165, 1.54) is 23.6 Å². The number of carbonyl (C=O) groups is 3. The number of rotatable bonds is 12. The summed E-state index contributed by atoms with van der Waals surface area (Å²) in [5.41, 5.74) is 3.58. The first kappa shape index (κ1) is 34.5. The van der Waals surface area contributed by atoms with Crippen molar-refractivity contribution in [2.24, 2.45) is 5.92 Å². The summed E-state index contributed by atoms with van der Waals surface area (Å²) in [6, 6.07) is 15.7. The lowest BCUT2D eigenvalue weighted by molar-refractivity contribution is -0.165. The van der Waals surface area contributed by atoms with Crippen LogP contribution in [0.2, 0.25) is 0 Å². The molecule has 4 rings (SSSR count). The molecular weight excluding hydrogens is 564 g/mol. The number of nitrogens with zero attached hydrogens (tertiary/aromatic N) is 2. The molecule has 2 atom stereocenters. The molecule has 0 bridgehead atoms. The highest BCUT2D eigenvalue weighted by atomic mass is 35.5. The van der Waals surface area contributed by atoms with Crippen LogP contribution in [0.4, 0.5) is 5.69 Å². The van der Waals surface area contributed by atoms with Gasteiger partial charge in [0.1, 0.15) is 11.6 Å². The Morgan fingerprint density at radius 3 is 2.07 bits per heavy atom. The number of piperidine rings is 1. The van der Waals surface area contributed by atoms with Crippen molar-refractivity contribution in [3.05, 3.63) is 65.2 Å². The molecule has 2 saturated heterocycles. The average Bonchev–Trinajstić information content (AvgIpc) is 2.98. The molecule has 2 aliphatic heterocycles. The second-order valence-electron chi connectivity index (χ2n) is 12.0. The van der Waals surface area contributed by atoms with Gasteiger partial charge in [0.25, 0.3) is 0 Å². The normalized spacial score (nSPS) is 19.2. The van der Waals surface area contributed by atoms with Crippen molar-refractivity contribution in [3.8, 4) is 0 Å². The third-order valence-corrected chi connectivity index (χ3v) is 9.16. The van der Waals surface area contributed by atoms with E-state index in [9.17, 15) is 19.5 Å². The van der Waals surface area contributed by atoms with Crippen molar-refractivity contribution in [1.29, 1.82) is 0 Å². The van der Waals surface area contributed by atoms with Gasteiger partial charge in [0.05, 0.1) is 6.10 Å². The summed E-state index contributed by atoms with van der Waals surface area (Å²) < 4.78 is 0. The lowest BCUT2D eigenvalue weighted by Gasteiger charge is -2.52. The lowest BCUT2D eigenvalue weighted by atomic mass is 9.79. The summed E-state index contributed by atoms with van der Waals surface area (Å²) in [6.45, 7) is 10.4. The Balaban J connectivity index is 0.00000506. The zero-order valence-corrected chi connectivity index (χ0v) is 26.9. The van der Waals surface area contributed by atoms with Gasteiger partial charge in [-0.3, -0.25) is 19.3 Å². The van der Waals surface area contributed by atoms with E-state index in [-0.39, 0.29) is 36.0 Å². The summed E-state index contributed by atoms with van der Waals surface area (Å²) >= 11 is 0. The number of aliphatic hydroxyl groups excluding tert-OH is 1. The topological polar surface area (TPSA) is 102 Å². The number of likely N-dealkylation sites (tertiary alicyclic amines) is 1. The van der Waals surface area contributed by atoms with E-state index in [1.54, 1.807) is 0 Å². The Labute approximate surface area is 263 Å².